The Labute approximate surface area is 136 Å². The average molecular weight is 311 g/mol. The Morgan fingerprint density at radius 1 is 1.22 bits per heavy atom. The van der Waals surface area contributed by atoms with Crippen LogP contribution in [0.2, 0.25) is 0 Å². The Morgan fingerprint density at radius 3 is 2.57 bits per heavy atom. The fourth-order valence-electron chi connectivity index (χ4n) is 2.92. The van der Waals surface area contributed by atoms with Gasteiger partial charge >= 0.3 is 5.97 Å². The lowest BCUT2D eigenvalue weighted by Gasteiger charge is -2.35. The number of fused-ring (bicyclic) bond motifs is 1. The molecule has 4 heteroatoms. The number of benzene rings is 2. The van der Waals surface area contributed by atoms with Gasteiger partial charge in [0.15, 0.2) is 0 Å². The van der Waals surface area contributed by atoms with E-state index in [2.05, 4.69) is 30.9 Å². The van der Waals surface area contributed by atoms with Gasteiger partial charge in [0.1, 0.15) is 11.9 Å². The van der Waals surface area contributed by atoms with E-state index in [9.17, 15) is 4.79 Å². The van der Waals surface area contributed by atoms with Crippen molar-refractivity contribution >= 4 is 11.7 Å². The third-order valence-corrected chi connectivity index (χ3v) is 4.15. The van der Waals surface area contributed by atoms with Crippen LogP contribution in [-0.2, 0) is 13.0 Å². The first-order valence-electron chi connectivity index (χ1n) is 7.93. The number of aromatic carboxylic acids is 1. The molecule has 0 fully saturated rings. The van der Waals surface area contributed by atoms with E-state index in [-0.39, 0.29) is 6.10 Å². The third-order valence-electron chi connectivity index (χ3n) is 4.15. The second-order valence-corrected chi connectivity index (χ2v) is 5.97. The number of hydrogen-bond donors (Lipinski definition) is 1. The van der Waals surface area contributed by atoms with Crippen molar-refractivity contribution in [3.63, 3.8) is 0 Å². The van der Waals surface area contributed by atoms with Gasteiger partial charge in [0.25, 0.3) is 0 Å². The van der Waals surface area contributed by atoms with Gasteiger partial charge in [-0.1, -0.05) is 25.1 Å². The van der Waals surface area contributed by atoms with E-state index in [1.165, 1.54) is 5.56 Å². The van der Waals surface area contributed by atoms with E-state index in [4.69, 9.17) is 9.84 Å². The molecule has 1 aliphatic heterocycles. The molecule has 0 amide bonds. The molecule has 0 aliphatic carbocycles. The molecule has 23 heavy (non-hydrogen) atoms. The van der Waals surface area contributed by atoms with Gasteiger partial charge in [-0.2, -0.15) is 0 Å². The lowest BCUT2D eigenvalue weighted by atomic mass is 10.1. The highest BCUT2D eigenvalue weighted by Gasteiger charge is 2.23. The van der Waals surface area contributed by atoms with E-state index in [1.54, 1.807) is 12.1 Å². The summed E-state index contributed by atoms with van der Waals surface area (Å²) in [5.74, 6) is 0.0255. The summed E-state index contributed by atoms with van der Waals surface area (Å²) in [5.41, 5.74) is 3.81. The molecule has 1 atom stereocenters. The molecule has 1 unspecified atom stereocenters. The molecule has 4 nitrogen and oxygen atoms in total. The molecule has 120 valence electrons. The minimum absolute atomic E-state index is 0.133. The third kappa shape index (κ3) is 3.31. The summed E-state index contributed by atoms with van der Waals surface area (Å²) in [6.45, 7) is 5.77. The lowest BCUT2D eigenvalue weighted by molar-refractivity contribution is 0.0697. The maximum Gasteiger partial charge on any atom is 0.335 e. The van der Waals surface area contributed by atoms with Crippen LogP contribution < -0.4 is 9.64 Å². The number of ether oxygens (including phenoxy) is 1. The van der Waals surface area contributed by atoms with Gasteiger partial charge in [-0.05, 0) is 48.7 Å². The van der Waals surface area contributed by atoms with Crippen LogP contribution >= 0.6 is 0 Å². The van der Waals surface area contributed by atoms with E-state index in [0.717, 1.165) is 36.5 Å². The van der Waals surface area contributed by atoms with E-state index < -0.39 is 5.97 Å². The molecule has 2 aromatic carbocycles. The fraction of sp³-hybridized carbons (Fsp3) is 0.316. The minimum atomic E-state index is -0.894. The quantitative estimate of drug-likeness (QED) is 0.934. The fourth-order valence-corrected chi connectivity index (χ4v) is 2.92. The molecule has 1 heterocycles. The monoisotopic (exact) mass is 311 g/mol. The second kappa shape index (κ2) is 6.32. The molecule has 3 rings (SSSR count). The minimum Gasteiger partial charge on any atom is -0.487 e. The number of rotatable bonds is 4. The number of carbonyl (C=O) groups is 1. The summed E-state index contributed by atoms with van der Waals surface area (Å²) < 4.78 is 5.93. The zero-order valence-corrected chi connectivity index (χ0v) is 13.5. The highest BCUT2D eigenvalue weighted by Crippen LogP contribution is 2.35. The van der Waals surface area contributed by atoms with Crippen LogP contribution in [-0.4, -0.2) is 23.7 Å². The Kier molecular flexibility index (Phi) is 4.24. The maximum atomic E-state index is 11.0. The largest absolute Gasteiger partial charge is 0.487 e. The number of hydrogen-bond acceptors (Lipinski definition) is 3. The van der Waals surface area contributed by atoms with Crippen LogP contribution in [0.5, 0.6) is 5.75 Å². The summed E-state index contributed by atoms with van der Waals surface area (Å²) >= 11 is 0. The van der Waals surface area contributed by atoms with Gasteiger partial charge in [-0.15, -0.1) is 0 Å². The van der Waals surface area contributed by atoms with Crippen LogP contribution in [0, 0.1) is 0 Å². The van der Waals surface area contributed by atoms with Gasteiger partial charge < -0.3 is 14.7 Å². The number of carboxylic acid groups (broad SMARTS) is 1. The second-order valence-electron chi connectivity index (χ2n) is 5.97. The standard InChI is InChI=1S/C19H21NO3/c1-3-14-6-9-18-17(10-14)20(11-13(2)23-18)12-15-4-7-16(8-5-15)19(21)22/h4-10,13H,3,11-12H2,1-2H3,(H,21,22). The van der Waals surface area contributed by atoms with Gasteiger partial charge in [0, 0.05) is 6.54 Å². The Balaban J connectivity index is 1.86. The highest BCUT2D eigenvalue weighted by atomic mass is 16.5. The van der Waals surface area contributed by atoms with Crippen LogP contribution in [0.3, 0.4) is 0 Å². The molecular weight excluding hydrogens is 290 g/mol. The molecule has 0 aromatic heterocycles. The van der Waals surface area contributed by atoms with Crippen LogP contribution in [0.15, 0.2) is 42.5 Å². The van der Waals surface area contributed by atoms with Crippen molar-refractivity contribution < 1.29 is 14.6 Å². The van der Waals surface area contributed by atoms with Crippen molar-refractivity contribution in [1.82, 2.24) is 0 Å². The summed E-state index contributed by atoms with van der Waals surface area (Å²) in [6.07, 6.45) is 1.12. The van der Waals surface area contributed by atoms with Gasteiger partial charge in [0.2, 0.25) is 0 Å². The van der Waals surface area contributed by atoms with Crippen molar-refractivity contribution in [3.05, 3.63) is 59.2 Å². The topological polar surface area (TPSA) is 49.8 Å². The summed E-state index contributed by atoms with van der Waals surface area (Å²) in [7, 11) is 0. The lowest BCUT2D eigenvalue weighted by Crippen LogP contribution is -2.38. The number of carboxylic acids is 1. The number of anilines is 1. The van der Waals surface area contributed by atoms with Gasteiger partial charge in [0.05, 0.1) is 17.8 Å². The normalized spacial score (nSPS) is 16.6. The zero-order valence-electron chi connectivity index (χ0n) is 13.5. The van der Waals surface area contributed by atoms with Crippen molar-refractivity contribution in [2.75, 3.05) is 11.4 Å². The Hall–Kier alpha value is -2.49. The van der Waals surface area contributed by atoms with Crippen molar-refractivity contribution in [2.24, 2.45) is 0 Å². The molecule has 0 radical (unpaired) electrons. The van der Waals surface area contributed by atoms with Crippen LogP contribution in [0.25, 0.3) is 0 Å². The molecule has 0 spiro atoms. The van der Waals surface area contributed by atoms with Gasteiger partial charge in [-0.25, -0.2) is 4.79 Å². The molecule has 1 N–H and O–H groups in total. The first-order chi connectivity index (χ1) is 11.1. The SMILES string of the molecule is CCc1ccc2c(c1)N(Cc1ccc(C(=O)O)cc1)CC(C)O2. The zero-order chi connectivity index (χ0) is 16.4. The number of nitrogens with zero attached hydrogens (tertiary/aromatic N) is 1. The molecular formula is C19H21NO3. The first-order valence-corrected chi connectivity index (χ1v) is 7.93. The van der Waals surface area contributed by atoms with E-state index in [1.807, 2.05) is 18.2 Å². The van der Waals surface area contributed by atoms with Crippen molar-refractivity contribution in [1.29, 1.82) is 0 Å². The summed E-state index contributed by atoms with van der Waals surface area (Å²) in [4.78, 5) is 13.3. The van der Waals surface area contributed by atoms with Crippen molar-refractivity contribution in [3.8, 4) is 5.75 Å². The predicted octanol–water partition coefficient (Wildman–Crippen LogP) is 3.73. The van der Waals surface area contributed by atoms with Crippen LogP contribution in [0.1, 0.15) is 35.3 Å². The number of aryl methyl sites for hydroxylation is 1. The van der Waals surface area contributed by atoms with Crippen LogP contribution in [0.4, 0.5) is 5.69 Å². The molecule has 0 saturated heterocycles. The van der Waals surface area contributed by atoms with E-state index >= 15 is 0 Å². The highest BCUT2D eigenvalue weighted by molar-refractivity contribution is 5.87. The molecule has 2 aromatic rings. The van der Waals surface area contributed by atoms with Crippen molar-refractivity contribution in [2.45, 2.75) is 32.9 Å². The Bertz CT molecular complexity index is 709. The molecule has 1 aliphatic rings. The molecule has 0 saturated carbocycles. The summed E-state index contributed by atoms with van der Waals surface area (Å²) in [6, 6.07) is 13.4. The summed E-state index contributed by atoms with van der Waals surface area (Å²) in [5, 5.41) is 8.99. The first kappa shape index (κ1) is 15.4. The predicted molar refractivity (Wildman–Crippen MR) is 90.4 cm³/mol. The average Bonchev–Trinajstić information content (AvgIpc) is 2.55. The Morgan fingerprint density at radius 2 is 1.91 bits per heavy atom. The molecule has 0 bridgehead atoms. The smallest absolute Gasteiger partial charge is 0.335 e. The van der Waals surface area contributed by atoms with Gasteiger partial charge in [-0.3, -0.25) is 0 Å². The van der Waals surface area contributed by atoms with E-state index in [0.29, 0.717) is 5.56 Å². The maximum absolute atomic E-state index is 11.0.